The van der Waals surface area contributed by atoms with Crippen LogP contribution in [0.5, 0.6) is 0 Å². The monoisotopic (exact) mass is 302 g/mol. The molecule has 0 aromatic heterocycles. The predicted molar refractivity (Wildman–Crippen MR) is 72.2 cm³/mol. The molecule has 0 aliphatic heterocycles. The van der Waals surface area contributed by atoms with Crippen LogP contribution in [-0.4, -0.2) is 23.0 Å². The van der Waals surface area contributed by atoms with Crippen LogP contribution in [0.25, 0.3) is 0 Å². The molecule has 0 aromatic rings. The van der Waals surface area contributed by atoms with E-state index in [1.165, 1.54) is 0 Å². The summed E-state index contributed by atoms with van der Waals surface area (Å²) in [6.07, 6.45) is 7.16. The maximum atomic E-state index is 11.2. The second kappa shape index (κ2) is 11.5. The molecule has 0 saturated heterocycles. The van der Waals surface area contributed by atoms with Crippen molar-refractivity contribution in [1.82, 2.24) is 0 Å². The quantitative estimate of drug-likeness (QED) is 0.335. The summed E-state index contributed by atoms with van der Waals surface area (Å²) in [6, 6.07) is 0. The zero-order chi connectivity index (χ0) is 14.1. The molecule has 110 valence electrons. The van der Waals surface area contributed by atoms with Crippen molar-refractivity contribution >= 4 is 10.1 Å². The molecule has 0 saturated carbocycles. The van der Waals surface area contributed by atoms with Gasteiger partial charge in [0.25, 0.3) is 0 Å². The molecule has 0 spiro atoms. The minimum absolute atomic E-state index is 0. The molecule has 0 bridgehead atoms. The van der Waals surface area contributed by atoms with Crippen molar-refractivity contribution in [2.45, 2.75) is 83.0 Å². The van der Waals surface area contributed by atoms with Crippen LogP contribution in [0.15, 0.2) is 0 Å². The van der Waals surface area contributed by atoms with Gasteiger partial charge in [-0.05, 0) is 25.7 Å². The third-order valence-electron chi connectivity index (χ3n) is 3.31. The summed E-state index contributed by atoms with van der Waals surface area (Å²) in [6.45, 7) is 4.11. The number of unbranched alkanes of at least 4 members (excludes halogenated alkanes) is 6. The molecule has 1 N–H and O–H groups in total. The molecule has 6 heteroatoms. The van der Waals surface area contributed by atoms with Gasteiger partial charge >= 0.3 is 29.6 Å². The van der Waals surface area contributed by atoms with E-state index in [1.807, 2.05) is 0 Å². The van der Waals surface area contributed by atoms with E-state index in [0.29, 0.717) is 12.8 Å². The van der Waals surface area contributed by atoms with Crippen molar-refractivity contribution in [1.29, 1.82) is 0 Å². The molecular formula is C13H27NaO4S. The average Bonchev–Trinajstić information content (AvgIpc) is 2.29. The first-order valence-corrected chi connectivity index (χ1v) is 8.46. The Morgan fingerprint density at radius 2 is 1.26 bits per heavy atom. The van der Waals surface area contributed by atoms with E-state index in [2.05, 4.69) is 13.8 Å². The van der Waals surface area contributed by atoms with Crippen molar-refractivity contribution in [2.24, 2.45) is 0 Å². The Morgan fingerprint density at radius 1 is 0.895 bits per heavy atom. The first-order valence-electron chi connectivity index (χ1n) is 7.05. The van der Waals surface area contributed by atoms with Crippen LogP contribution in [-0.2, 0) is 10.1 Å². The summed E-state index contributed by atoms with van der Waals surface area (Å²) in [7, 11) is -4.63. The van der Waals surface area contributed by atoms with Crippen LogP contribution in [0.3, 0.4) is 0 Å². The molecule has 0 amide bonds. The van der Waals surface area contributed by atoms with Crippen LogP contribution < -0.4 is 29.6 Å². The number of aliphatic hydroxyl groups is 1. The van der Waals surface area contributed by atoms with Crippen molar-refractivity contribution in [2.75, 3.05) is 0 Å². The van der Waals surface area contributed by atoms with Crippen molar-refractivity contribution < 1.29 is 47.6 Å². The third kappa shape index (κ3) is 9.43. The fourth-order valence-electron chi connectivity index (χ4n) is 2.03. The van der Waals surface area contributed by atoms with Gasteiger partial charge in [0.2, 0.25) is 0 Å². The summed E-state index contributed by atoms with van der Waals surface area (Å²) in [5.74, 6) is 0. The Balaban J connectivity index is 0. The minimum Gasteiger partial charge on any atom is -0.746 e. The summed E-state index contributed by atoms with van der Waals surface area (Å²) >= 11 is 0. The average molecular weight is 302 g/mol. The minimum atomic E-state index is -4.63. The second-order valence-corrected chi connectivity index (χ2v) is 6.69. The number of hydrogen-bond acceptors (Lipinski definition) is 4. The van der Waals surface area contributed by atoms with Gasteiger partial charge in [-0.15, -0.1) is 0 Å². The molecule has 0 aliphatic rings. The first-order chi connectivity index (χ1) is 8.37. The molecule has 0 fully saturated rings. The van der Waals surface area contributed by atoms with Gasteiger partial charge in [-0.3, -0.25) is 0 Å². The maximum absolute atomic E-state index is 11.2. The fourth-order valence-corrected chi connectivity index (χ4v) is 2.82. The predicted octanol–water partition coefficient (Wildman–Crippen LogP) is 0.165. The SMILES string of the molecule is CCCCCCC(O)(CCCCCC)S(=O)(=O)[O-].[Na+]. The first kappa shape index (κ1) is 22.2. The van der Waals surface area contributed by atoms with Crippen molar-refractivity contribution in [3.05, 3.63) is 0 Å². The van der Waals surface area contributed by atoms with Gasteiger partial charge in [0.15, 0.2) is 4.93 Å². The van der Waals surface area contributed by atoms with Gasteiger partial charge in [-0.25, -0.2) is 8.42 Å². The van der Waals surface area contributed by atoms with E-state index >= 15 is 0 Å². The van der Waals surface area contributed by atoms with E-state index in [-0.39, 0.29) is 42.4 Å². The Bertz CT molecular complexity index is 292. The van der Waals surface area contributed by atoms with Gasteiger partial charge in [0, 0.05) is 0 Å². The van der Waals surface area contributed by atoms with Gasteiger partial charge < -0.3 is 9.66 Å². The summed E-state index contributed by atoms with van der Waals surface area (Å²) in [4.78, 5) is -2.05. The smallest absolute Gasteiger partial charge is 0.746 e. The molecule has 4 nitrogen and oxygen atoms in total. The van der Waals surface area contributed by atoms with E-state index in [1.54, 1.807) is 0 Å². The van der Waals surface area contributed by atoms with Crippen molar-refractivity contribution in [3.63, 3.8) is 0 Å². The molecule has 0 aliphatic carbocycles. The van der Waals surface area contributed by atoms with Crippen molar-refractivity contribution in [3.8, 4) is 0 Å². The van der Waals surface area contributed by atoms with E-state index in [4.69, 9.17) is 0 Å². The van der Waals surface area contributed by atoms with Gasteiger partial charge in [0.05, 0.1) is 0 Å². The largest absolute Gasteiger partial charge is 1.00 e. The number of hydrogen-bond donors (Lipinski definition) is 1. The molecule has 0 radical (unpaired) electrons. The second-order valence-electron chi connectivity index (χ2n) is 5.02. The van der Waals surface area contributed by atoms with Crippen LogP contribution >= 0.6 is 0 Å². The zero-order valence-corrected chi connectivity index (χ0v) is 15.5. The summed E-state index contributed by atoms with van der Waals surface area (Å²) < 4.78 is 33.5. The normalized spacial score (nSPS) is 12.2. The van der Waals surface area contributed by atoms with E-state index in [0.717, 1.165) is 38.5 Å². The molecule has 0 heterocycles. The molecular weight excluding hydrogens is 275 g/mol. The van der Waals surface area contributed by atoms with E-state index < -0.39 is 15.1 Å². The van der Waals surface area contributed by atoms with Gasteiger partial charge in [0.1, 0.15) is 10.1 Å². The van der Waals surface area contributed by atoms with Crippen LogP contribution in [0.4, 0.5) is 0 Å². The van der Waals surface area contributed by atoms with Crippen LogP contribution in [0.2, 0.25) is 0 Å². The molecule has 0 atom stereocenters. The van der Waals surface area contributed by atoms with Crippen LogP contribution in [0, 0.1) is 0 Å². The third-order valence-corrected chi connectivity index (χ3v) is 4.65. The van der Waals surface area contributed by atoms with E-state index in [9.17, 15) is 18.1 Å². The van der Waals surface area contributed by atoms with Gasteiger partial charge in [-0.1, -0.05) is 52.4 Å². The molecule has 0 unspecified atom stereocenters. The Hall–Kier alpha value is 0.870. The Morgan fingerprint density at radius 3 is 1.53 bits per heavy atom. The topological polar surface area (TPSA) is 77.4 Å². The molecule has 19 heavy (non-hydrogen) atoms. The van der Waals surface area contributed by atoms with Crippen LogP contribution in [0.1, 0.15) is 78.1 Å². The zero-order valence-electron chi connectivity index (χ0n) is 12.7. The standard InChI is InChI=1S/C13H28O4S.Na/c1-3-5-7-9-11-13(14,18(15,16)17)12-10-8-6-4-2;/h14H,3-12H2,1-2H3,(H,15,16,17);/q;+1/p-1. The number of rotatable bonds is 11. The molecule has 0 rings (SSSR count). The summed E-state index contributed by atoms with van der Waals surface area (Å²) in [5.41, 5.74) is 0. The summed E-state index contributed by atoms with van der Waals surface area (Å²) in [5, 5.41) is 10.0. The Labute approximate surface area is 140 Å². The fraction of sp³-hybridized carbons (Fsp3) is 1.00. The van der Waals surface area contributed by atoms with Gasteiger partial charge in [-0.2, -0.15) is 0 Å². The Kier molecular flexibility index (Phi) is 13.4. The molecule has 0 aromatic carbocycles. The maximum Gasteiger partial charge on any atom is 1.00 e.